The molecule has 0 unspecified atom stereocenters. The first kappa shape index (κ1) is 14.5. The molecule has 0 aromatic carbocycles. The minimum atomic E-state index is -4.28. The van der Waals surface area contributed by atoms with Crippen molar-refractivity contribution in [1.29, 1.82) is 0 Å². The maximum Gasteiger partial charge on any atom is 0.416 e. The second-order valence-electron chi connectivity index (χ2n) is 1.86. The van der Waals surface area contributed by atoms with E-state index in [9.17, 15) is 13.2 Å². The van der Waals surface area contributed by atoms with Crippen LogP contribution in [0.25, 0.3) is 0 Å². The summed E-state index contributed by atoms with van der Waals surface area (Å²) in [6, 6.07) is 0. The summed E-state index contributed by atoms with van der Waals surface area (Å²) in [6.07, 6.45) is 0.105. The summed E-state index contributed by atoms with van der Waals surface area (Å²) < 4.78 is 35.8. The highest BCUT2D eigenvalue weighted by Crippen LogP contribution is 2.26. The van der Waals surface area contributed by atoms with Crippen LogP contribution in [0.4, 0.5) is 13.2 Å². The van der Waals surface area contributed by atoms with Crippen molar-refractivity contribution < 1.29 is 13.2 Å². The first-order valence-electron chi connectivity index (χ1n) is 4.05. The maximum absolute atomic E-state index is 11.9. The average Bonchev–Trinajstić information content (AvgIpc) is 2.06. The van der Waals surface area contributed by atoms with Crippen LogP contribution in [0, 0.1) is 0 Å². The molecule has 13 heavy (non-hydrogen) atoms. The van der Waals surface area contributed by atoms with Gasteiger partial charge in [0.25, 0.3) is 0 Å². The van der Waals surface area contributed by atoms with Gasteiger partial charge in [0.2, 0.25) is 0 Å². The van der Waals surface area contributed by atoms with Crippen molar-refractivity contribution >= 4 is 0 Å². The van der Waals surface area contributed by atoms with E-state index in [1.54, 1.807) is 0 Å². The first-order chi connectivity index (χ1) is 6.02. The summed E-state index contributed by atoms with van der Waals surface area (Å²) in [7, 11) is 0. The Kier molecular flexibility index (Phi) is 8.55. The maximum atomic E-state index is 11.9. The van der Waals surface area contributed by atoms with E-state index in [0.29, 0.717) is 0 Å². The van der Waals surface area contributed by atoms with E-state index < -0.39 is 11.7 Å². The van der Waals surface area contributed by atoms with Crippen molar-refractivity contribution in [2.45, 2.75) is 26.9 Å². The lowest BCUT2D eigenvalue weighted by atomic mass is 10.2. The average molecular weight is 192 g/mol. The number of allylic oxidation sites excluding steroid dienone is 5. The second kappa shape index (κ2) is 7.65. The molecule has 0 N–H and O–H groups in total. The molecule has 76 valence electrons. The standard InChI is InChI=1S/C8H9F3.C2H6/c1-3-5-7(6-4-2)8(9,10)11;1-2/h3-6H,1H2,2H3;1-2H3/b6-4-,7-5+;. The lowest BCUT2D eigenvalue weighted by molar-refractivity contribution is -0.0881. The smallest absolute Gasteiger partial charge is 0.166 e. The van der Waals surface area contributed by atoms with E-state index in [0.717, 1.165) is 18.2 Å². The van der Waals surface area contributed by atoms with Gasteiger partial charge in [-0.2, -0.15) is 13.2 Å². The van der Waals surface area contributed by atoms with Gasteiger partial charge in [-0.1, -0.05) is 44.7 Å². The molecule has 0 radical (unpaired) electrons. The van der Waals surface area contributed by atoms with Crippen LogP contribution in [0.3, 0.4) is 0 Å². The van der Waals surface area contributed by atoms with Gasteiger partial charge >= 0.3 is 6.18 Å². The lowest BCUT2D eigenvalue weighted by Crippen LogP contribution is -2.09. The van der Waals surface area contributed by atoms with E-state index >= 15 is 0 Å². The van der Waals surface area contributed by atoms with Crippen LogP contribution < -0.4 is 0 Å². The summed E-state index contributed by atoms with van der Waals surface area (Å²) in [5, 5.41) is 0. The zero-order valence-electron chi connectivity index (χ0n) is 8.15. The molecule has 0 spiro atoms. The first-order valence-corrected chi connectivity index (χ1v) is 4.05. The Hall–Kier alpha value is -0.990. The molecule has 0 aromatic heterocycles. The number of hydrogen-bond donors (Lipinski definition) is 0. The Labute approximate surface area is 77.5 Å². The van der Waals surface area contributed by atoms with Crippen LogP contribution in [-0.2, 0) is 0 Å². The Morgan fingerprint density at radius 2 is 1.69 bits per heavy atom. The quantitative estimate of drug-likeness (QED) is 0.573. The molecule has 0 amide bonds. The summed E-state index contributed by atoms with van der Waals surface area (Å²) in [5.41, 5.74) is -0.685. The molecule has 0 rings (SSSR count). The number of halogens is 3. The second-order valence-corrected chi connectivity index (χ2v) is 1.86. The van der Waals surface area contributed by atoms with Crippen molar-refractivity contribution in [3.05, 3.63) is 36.5 Å². The van der Waals surface area contributed by atoms with E-state index in [1.807, 2.05) is 13.8 Å². The summed E-state index contributed by atoms with van der Waals surface area (Å²) in [5.74, 6) is 0. The van der Waals surface area contributed by atoms with Crippen molar-refractivity contribution in [2.75, 3.05) is 0 Å². The minimum Gasteiger partial charge on any atom is -0.166 e. The van der Waals surface area contributed by atoms with Gasteiger partial charge in [0, 0.05) is 0 Å². The van der Waals surface area contributed by atoms with Gasteiger partial charge in [-0.25, -0.2) is 0 Å². The van der Waals surface area contributed by atoms with Crippen LogP contribution in [0.5, 0.6) is 0 Å². The van der Waals surface area contributed by atoms with Gasteiger partial charge in [-0.05, 0) is 6.92 Å². The van der Waals surface area contributed by atoms with Crippen LogP contribution in [0.1, 0.15) is 20.8 Å². The molecular formula is C10H15F3. The molecule has 0 atom stereocenters. The molecular weight excluding hydrogens is 177 g/mol. The molecule has 0 aliphatic carbocycles. The lowest BCUT2D eigenvalue weighted by Gasteiger charge is -2.05. The minimum absolute atomic E-state index is 0.685. The number of alkyl halides is 3. The zero-order chi connectivity index (χ0) is 10.9. The predicted molar refractivity (Wildman–Crippen MR) is 50.5 cm³/mol. The third-order valence-corrected chi connectivity index (χ3v) is 0.971. The van der Waals surface area contributed by atoms with E-state index in [2.05, 4.69) is 6.58 Å². The van der Waals surface area contributed by atoms with E-state index in [4.69, 9.17) is 0 Å². The molecule has 0 saturated heterocycles. The topological polar surface area (TPSA) is 0 Å². The van der Waals surface area contributed by atoms with Crippen molar-refractivity contribution in [2.24, 2.45) is 0 Å². The summed E-state index contributed by atoms with van der Waals surface area (Å²) in [4.78, 5) is 0. The SMILES string of the molecule is C=C/C=C(\C=C/C)C(F)(F)F.CC. The van der Waals surface area contributed by atoms with E-state index in [-0.39, 0.29) is 0 Å². The van der Waals surface area contributed by atoms with Gasteiger partial charge < -0.3 is 0 Å². The highest BCUT2D eigenvalue weighted by Gasteiger charge is 2.30. The third-order valence-electron chi connectivity index (χ3n) is 0.971. The molecule has 0 aliphatic heterocycles. The molecule has 0 fully saturated rings. The normalized spacial score (nSPS) is 12.3. The highest BCUT2D eigenvalue weighted by molar-refractivity contribution is 5.26. The zero-order valence-corrected chi connectivity index (χ0v) is 8.15. The monoisotopic (exact) mass is 192 g/mol. The van der Waals surface area contributed by atoms with Crippen molar-refractivity contribution in [3.63, 3.8) is 0 Å². The van der Waals surface area contributed by atoms with Gasteiger partial charge in [0.05, 0.1) is 5.57 Å². The molecule has 0 bridgehead atoms. The van der Waals surface area contributed by atoms with Crippen LogP contribution in [0.2, 0.25) is 0 Å². The largest absolute Gasteiger partial charge is 0.416 e. The Bertz CT molecular complexity index is 185. The number of rotatable bonds is 2. The fourth-order valence-corrected chi connectivity index (χ4v) is 0.551. The van der Waals surface area contributed by atoms with Crippen LogP contribution >= 0.6 is 0 Å². The van der Waals surface area contributed by atoms with Crippen molar-refractivity contribution in [3.8, 4) is 0 Å². The predicted octanol–water partition coefficient (Wildman–Crippen LogP) is 4.26. The van der Waals surface area contributed by atoms with Crippen LogP contribution in [0.15, 0.2) is 36.5 Å². The summed E-state index contributed by atoms with van der Waals surface area (Å²) >= 11 is 0. The Morgan fingerprint density at radius 1 is 1.23 bits per heavy atom. The van der Waals surface area contributed by atoms with Gasteiger partial charge in [-0.15, -0.1) is 0 Å². The molecule has 0 aliphatic rings. The van der Waals surface area contributed by atoms with Crippen LogP contribution in [-0.4, -0.2) is 6.18 Å². The van der Waals surface area contributed by atoms with E-state index in [1.165, 1.54) is 13.0 Å². The van der Waals surface area contributed by atoms with Gasteiger partial charge in [0.1, 0.15) is 0 Å². The summed E-state index contributed by atoms with van der Waals surface area (Å²) in [6.45, 7) is 8.72. The Morgan fingerprint density at radius 3 is 1.92 bits per heavy atom. The Balaban J connectivity index is 0. The molecule has 0 saturated carbocycles. The van der Waals surface area contributed by atoms with Gasteiger partial charge in [-0.3, -0.25) is 0 Å². The van der Waals surface area contributed by atoms with Gasteiger partial charge in [0.15, 0.2) is 0 Å². The highest BCUT2D eigenvalue weighted by atomic mass is 19.4. The molecule has 3 heteroatoms. The third kappa shape index (κ3) is 7.37. The molecule has 0 aromatic rings. The fourth-order valence-electron chi connectivity index (χ4n) is 0.551. The fraction of sp³-hybridized carbons (Fsp3) is 0.400. The molecule has 0 heterocycles. The number of hydrogen-bond acceptors (Lipinski definition) is 0. The van der Waals surface area contributed by atoms with Crippen molar-refractivity contribution in [1.82, 2.24) is 0 Å². The molecule has 0 nitrogen and oxygen atoms in total.